The van der Waals surface area contributed by atoms with Crippen molar-refractivity contribution in [2.45, 2.75) is 160 Å². The van der Waals surface area contributed by atoms with Crippen molar-refractivity contribution < 1.29 is 53.1 Å². The van der Waals surface area contributed by atoms with Crippen LogP contribution in [0, 0.1) is 0 Å². The van der Waals surface area contributed by atoms with E-state index in [0.717, 1.165) is 38.5 Å². The number of rotatable bonds is 21. The van der Waals surface area contributed by atoms with Gasteiger partial charge in [-0.1, -0.05) is 51.7 Å². The Morgan fingerprint density at radius 1 is 1.05 bits per heavy atom. The van der Waals surface area contributed by atoms with Crippen molar-refractivity contribution in [3.05, 3.63) is 53.3 Å². The number of ether oxygens (including phenoxy) is 5. The number of carbonyl (C=O) groups excluding carboxylic acids is 4. The van der Waals surface area contributed by atoms with Gasteiger partial charge in [-0.25, -0.2) is 4.79 Å². The van der Waals surface area contributed by atoms with Gasteiger partial charge in [0, 0.05) is 37.8 Å². The summed E-state index contributed by atoms with van der Waals surface area (Å²) in [6.45, 7) is 9.62. The molecule has 0 bridgehead atoms. The van der Waals surface area contributed by atoms with Crippen LogP contribution in [0.4, 0.5) is 0 Å². The zero-order chi connectivity index (χ0) is 40.7. The summed E-state index contributed by atoms with van der Waals surface area (Å²) in [7, 11) is 0. The number of likely N-dealkylation sites (tertiary alicyclic amines) is 1. The van der Waals surface area contributed by atoms with E-state index in [9.17, 15) is 24.3 Å². The lowest BCUT2D eigenvalue weighted by Gasteiger charge is -2.33. The van der Waals surface area contributed by atoms with E-state index in [0.29, 0.717) is 48.9 Å². The van der Waals surface area contributed by atoms with Crippen molar-refractivity contribution in [3.8, 4) is 0 Å². The van der Waals surface area contributed by atoms with Crippen LogP contribution in [0.15, 0.2) is 42.2 Å². The number of fused-ring (bicyclic) bond motifs is 1. The van der Waals surface area contributed by atoms with Gasteiger partial charge in [-0.3, -0.25) is 14.4 Å². The van der Waals surface area contributed by atoms with Gasteiger partial charge in [-0.2, -0.15) is 0 Å². The highest BCUT2D eigenvalue weighted by atomic mass is 16.8. The molecule has 13 heteroatoms. The molecule has 2 heterocycles. The van der Waals surface area contributed by atoms with E-state index in [1.807, 2.05) is 6.07 Å². The number of nitrogens with one attached hydrogen (secondary N) is 1. The summed E-state index contributed by atoms with van der Waals surface area (Å²) in [5.41, 5.74) is 0.746. The first kappa shape index (κ1) is 44.9. The number of carbonyl (C=O) groups is 4. The molecule has 4 rings (SSSR count). The maximum atomic E-state index is 14.4. The second kappa shape index (κ2) is 21.7. The van der Waals surface area contributed by atoms with Crippen LogP contribution in [0.2, 0.25) is 0 Å². The zero-order valence-electron chi connectivity index (χ0n) is 34.0. The van der Waals surface area contributed by atoms with Crippen LogP contribution in [-0.4, -0.2) is 107 Å². The summed E-state index contributed by atoms with van der Waals surface area (Å²) in [6.07, 6.45) is 11.4. The molecule has 56 heavy (non-hydrogen) atoms. The second-order valence-electron chi connectivity index (χ2n) is 16.0. The summed E-state index contributed by atoms with van der Waals surface area (Å²) in [4.78, 5) is 55.6. The molecule has 0 spiro atoms. The van der Waals surface area contributed by atoms with Crippen LogP contribution < -0.4 is 5.32 Å². The minimum atomic E-state index is -0.882. The van der Waals surface area contributed by atoms with E-state index in [1.165, 1.54) is 6.26 Å². The molecule has 3 N–H and O–H groups in total. The van der Waals surface area contributed by atoms with Gasteiger partial charge in [-0.15, -0.1) is 0 Å². The summed E-state index contributed by atoms with van der Waals surface area (Å²) in [6, 6.07) is 5.41. The molecule has 0 saturated carbocycles. The molecule has 2 fully saturated rings. The Hall–Kier alpha value is -3.78. The molecule has 2 amide bonds. The third-order valence-electron chi connectivity index (χ3n) is 10.2. The first-order valence-corrected chi connectivity index (χ1v) is 20.5. The predicted molar refractivity (Wildman–Crippen MR) is 210 cm³/mol. The number of unbranched alkanes of at least 4 members (excludes halogenated alkanes) is 4. The Balaban J connectivity index is 1.55. The third-order valence-corrected chi connectivity index (χ3v) is 10.2. The quantitative estimate of drug-likeness (QED) is 0.0788. The predicted octanol–water partition coefficient (Wildman–Crippen LogP) is 5.75. The van der Waals surface area contributed by atoms with Gasteiger partial charge >= 0.3 is 11.9 Å². The molecule has 3 aliphatic rings. The highest BCUT2D eigenvalue weighted by Gasteiger charge is 2.53. The van der Waals surface area contributed by atoms with Crippen LogP contribution in [0.25, 0.3) is 6.08 Å². The molecule has 1 aromatic rings. The van der Waals surface area contributed by atoms with Crippen molar-refractivity contribution >= 4 is 29.8 Å². The molecule has 2 saturated heterocycles. The van der Waals surface area contributed by atoms with Gasteiger partial charge in [0.25, 0.3) is 0 Å². The second-order valence-corrected chi connectivity index (χ2v) is 16.0. The van der Waals surface area contributed by atoms with Crippen molar-refractivity contribution in [3.63, 3.8) is 0 Å². The van der Waals surface area contributed by atoms with Crippen molar-refractivity contribution in [2.24, 2.45) is 0 Å². The fraction of sp³-hybridized carbons (Fsp3) is 0.674. The smallest absolute Gasteiger partial charge is 0.338 e. The number of nitrogens with zero attached hydrogens (tertiary/aromatic N) is 1. The first-order chi connectivity index (χ1) is 26.8. The van der Waals surface area contributed by atoms with E-state index < -0.39 is 59.6 Å². The topological polar surface area (TPSA) is 170 Å². The molecule has 0 unspecified atom stereocenters. The van der Waals surface area contributed by atoms with E-state index >= 15 is 0 Å². The SMILES string of the molecule is CCCCCC1(CCCCC)O[C@@H]2[C@@H](C=C(C(=O)N3CCC[C@@H]3C(=O)N[C@H](CO)CCC(=O)OC(C)(C)C)C[C@H]2OC(=O)c2cccc(C=COCCO)c2)O1. The van der Waals surface area contributed by atoms with E-state index in [1.54, 1.807) is 56.0 Å². The molecule has 5 atom stereocenters. The van der Waals surface area contributed by atoms with Crippen LogP contribution >= 0.6 is 0 Å². The molecular weight excluding hydrogens is 720 g/mol. The van der Waals surface area contributed by atoms with Gasteiger partial charge in [0.1, 0.15) is 36.6 Å². The Labute approximate surface area is 332 Å². The van der Waals surface area contributed by atoms with Crippen molar-refractivity contribution in [2.75, 3.05) is 26.4 Å². The summed E-state index contributed by atoms with van der Waals surface area (Å²) in [5, 5.41) is 21.8. The number of aliphatic hydroxyl groups excluding tert-OH is 2. The Bertz CT molecular complexity index is 1510. The lowest BCUT2D eigenvalue weighted by molar-refractivity contribution is -0.190. The molecular formula is C43H64N2O11. The van der Waals surface area contributed by atoms with Crippen LogP contribution in [0.1, 0.15) is 134 Å². The lowest BCUT2D eigenvalue weighted by Crippen LogP contribution is -2.51. The van der Waals surface area contributed by atoms with Gasteiger partial charge in [0.05, 0.1) is 31.1 Å². The number of aliphatic hydroxyl groups is 2. The fourth-order valence-electron chi connectivity index (χ4n) is 7.47. The number of esters is 2. The summed E-state index contributed by atoms with van der Waals surface area (Å²) < 4.78 is 30.4. The molecule has 312 valence electrons. The van der Waals surface area contributed by atoms with Crippen LogP contribution in [-0.2, 0) is 38.1 Å². The van der Waals surface area contributed by atoms with Crippen molar-refractivity contribution in [1.82, 2.24) is 10.2 Å². The molecule has 1 aliphatic carbocycles. The Morgan fingerprint density at radius 3 is 2.45 bits per heavy atom. The minimum Gasteiger partial charge on any atom is -0.499 e. The highest BCUT2D eigenvalue weighted by molar-refractivity contribution is 5.98. The zero-order valence-corrected chi connectivity index (χ0v) is 34.0. The molecule has 0 radical (unpaired) electrons. The standard InChI is InChI=1S/C43H64N2O11/c1-6-8-10-20-43(21-11-9-7-2)54-36-28-32(27-35(38(36)56-43)53-41(51)31-15-12-14-30(26-31)19-24-52-25-23-46)40(50)45-22-13-16-34(45)39(49)44-33(29-47)17-18-37(48)55-42(3,4)5/h12,14-15,19,24,26,28,33-36,38,46-47H,6-11,13,16-18,20-23,25,27,29H2,1-5H3,(H,44,49)/t33-,34+,35+,36+,38-/m0/s1. The maximum absolute atomic E-state index is 14.4. The number of benzene rings is 1. The highest BCUT2D eigenvalue weighted by Crippen LogP contribution is 2.43. The van der Waals surface area contributed by atoms with Gasteiger partial charge < -0.3 is 44.1 Å². The monoisotopic (exact) mass is 784 g/mol. The van der Waals surface area contributed by atoms with Crippen LogP contribution in [0.5, 0.6) is 0 Å². The van der Waals surface area contributed by atoms with Gasteiger partial charge in [-0.05, 0) is 82.7 Å². The average Bonchev–Trinajstić information content (AvgIpc) is 3.80. The van der Waals surface area contributed by atoms with E-state index in [4.69, 9.17) is 28.8 Å². The lowest BCUT2D eigenvalue weighted by atomic mass is 9.91. The number of hydrogen-bond acceptors (Lipinski definition) is 11. The van der Waals surface area contributed by atoms with E-state index in [-0.39, 0.29) is 45.0 Å². The molecule has 1 aromatic carbocycles. The van der Waals surface area contributed by atoms with Gasteiger partial charge in [0.15, 0.2) is 5.79 Å². The molecule has 13 nitrogen and oxygen atoms in total. The van der Waals surface area contributed by atoms with Crippen molar-refractivity contribution in [1.29, 1.82) is 0 Å². The summed E-state index contributed by atoms with van der Waals surface area (Å²) >= 11 is 0. The van der Waals surface area contributed by atoms with E-state index in [2.05, 4.69) is 19.2 Å². The number of hydrogen-bond donors (Lipinski definition) is 3. The first-order valence-electron chi connectivity index (χ1n) is 20.5. The summed E-state index contributed by atoms with van der Waals surface area (Å²) in [5.74, 6) is -2.63. The number of amides is 2. The normalized spacial score (nSPS) is 22.3. The third kappa shape index (κ3) is 13.1. The largest absolute Gasteiger partial charge is 0.499 e. The average molecular weight is 785 g/mol. The fourth-order valence-corrected chi connectivity index (χ4v) is 7.47. The van der Waals surface area contributed by atoms with Gasteiger partial charge in [0.2, 0.25) is 11.8 Å². The molecule has 2 aliphatic heterocycles. The molecule has 0 aromatic heterocycles. The Morgan fingerprint density at radius 2 is 1.79 bits per heavy atom. The Kier molecular flexibility index (Phi) is 17.4. The maximum Gasteiger partial charge on any atom is 0.338 e. The minimum absolute atomic E-state index is 0.0200. The van der Waals surface area contributed by atoms with Crippen LogP contribution in [0.3, 0.4) is 0 Å².